The quantitative estimate of drug-likeness (QED) is 0.780. The molecule has 2 aliphatic heterocycles. The lowest BCUT2D eigenvalue weighted by molar-refractivity contribution is -0.0559. The molecule has 1 aromatic heterocycles. The van der Waals surface area contributed by atoms with Crippen LogP contribution in [-0.2, 0) is 11.3 Å². The molecule has 1 N–H and O–H groups in total. The van der Waals surface area contributed by atoms with Crippen LogP contribution < -0.4 is 11.2 Å². The number of hydrogen-bond donors (Lipinski definition) is 1. The Balaban J connectivity index is 1.75. The molecular weight excluding hydrogens is 270 g/mol. The normalized spacial score (nSPS) is 27.4. The van der Waals surface area contributed by atoms with Crippen LogP contribution in [0.25, 0.3) is 0 Å². The Hall–Kier alpha value is -1.11. The molecule has 2 atom stereocenters. The number of hydrogen-bond acceptors (Lipinski definition) is 4. The van der Waals surface area contributed by atoms with Crippen molar-refractivity contribution in [3.8, 4) is 0 Å². The van der Waals surface area contributed by atoms with Crippen LogP contribution in [0.5, 0.6) is 0 Å². The van der Waals surface area contributed by atoms with Crippen LogP contribution in [0.2, 0.25) is 5.15 Å². The molecule has 7 heteroatoms. The minimum absolute atomic E-state index is 0.0652. The number of aromatic amines is 1. The van der Waals surface area contributed by atoms with Crippen LogP contribution in [0.15, 0.2) is 15.7 Å². The maximum absolute atomic E-state index is 11.8. The molecule has 0 radical (unpaired) electrons. The highest BCUT2D eigenvalue weighted by Crippen LogP contribution is 2.22. The van der Waals surface area contributed by atoms with Gasteiger partial charge in [-0.15, -0.1) is 0 Å². The third kappa shape index (κ3) is 2.61. The van der Waals surface area contributed by atoms with E-state index in [1.807, 2.05) is 0 Å². The Morgan fingerprint density at radius 3 is 3.11 bits per heavy atom. The second-order valence-electron chi connectivity index (χ2n) is 5.12. The fourth-order valence-electron chi connectivity index (χ4n) is 2.86. The third-order valence-electron chi connectivity index (χ3n) is 3.84. The van der Waals surface area contributed by atoms with Crippen molar-refractivity contribution in [1.29, 1.82) is 0 Å². The number of ether oxygens (including phenoxy) is 1. The van der Waals surface area contributed by atoms with Gasteiger partial charge in [0, 0.05) is 18.7 Å². The number of nitrogens with zero attached hydrogens (tertiary/aromatic N) is 2. The highest BCUT2D eigenvalue weighted by Gasteiger charge is 2.32. The first-order chi connectivity index (χ1) is 9.13. The van der Waals surface area contributed by atoms with Gasteiger partial charge in [0.05, 0.1) is 19.3 Å². The van der Waals surface area contributed by atoms with Gasteiger partial charge >= 0.3 is 5.69 Å². The molecule has 2 saturated heterocycles. The summed E-state index contributed by atoms with van der Waals surface area (Å²) in [5.74, 6) is 0. The minimum atomic E-state index is -0.482. The molecule has 0 aliphatic carbocycles. The lowest BCUT2D eigenvalue weighted by Gasteiger charge is -2.35. The van der Waals surface area contributed by atoms with Gasteiger partial charge in [0.1, 0.15) is 5.15 Å². The van der Waals surface area contributed by atoms with Gasteiger partial charge in [-0.25, -0.2) is 4.79 Å². The van der Waals surface area contributed by atoms with E-state index in [-0.39, 0.29) is 23.4 Å². The van der Waals surface area contributed by atoms with Crippen LogP contribution in [-0.4, -0.2) is 46.3 Å². The predicted octanol–water partition coefficient (Wildman–Crippen LogP) is 0.0532. The summed E-state index contributed by atoms with van der Waals surface area (Å²) in [6.45, 7) is 2.81. The maximum atomic E-state index is 11.8. The standard InChI is InChI=1S/C12H16ClN3O3/c13-10-4-11(17)16(12(18)14-10)6-9-5-15-3-1-2-8(15)7-19-9/h4,8-9H,1-3,5-7H2,(H,14,18). The van der Waals surface area contributed by atoms with Crippen LogP contribution >= 0.6 is 11.6 Å². The fraction of sp³-hybridized carbons (Fsp3) is 0.667. The number of nitrogens with one attached hydrogen (secondary N) is 1. The number of fused-ring (bicyclic) bond motifs is 1. The number of morpholine rings is 1. The zero-order valence-corrected chi connectivity index (χ0v) is 11.2. The molecule has 1 aromatic rings. The van der Waals surface area contributed by atoms with Gasteiger partial charge in [-0.05, 0) is 19.4 Å². The van der Waals surface area contributed by atoms with Crippen molar-refractivity contribution in [2.75, 3.05) is 19.7 Å². The van der Waals surface area contributed by atoms with Crippen molar-refractivity contribution in [3.05, 3.63) is 32.1 Å². The summed E-state index contributed by atoms with van der Waals surface area (Å²) < 4.78 is 6.89. The van der Waals surface area contributed by atoms with Crippen molar-refractivity contribution in [2.24, 2.45) is 0 Å². The third-order valence-corrected chi connectivity index (χ3v) is 4.04. The van der Waals surface area contributed by atoms with E-state index < -0.39 is 5.69 Å². The summed E-state index contributed by atoms with van der Waals surface area (Å²) in [6, 6.07) is 1.72. The Morgan fingerprint density at radius 2 is 2.32 bits per heavy atom. The van der Waals surface area contributed by atoms with Crippen LogP contribution in [0.1, 0.15) is 12.8 Å². The minimum Gasteiger partial charge on any atom is -0.373 e. The highest BCUT2D eigenvalue weighted by atomic mass is 35.5. The first-order valence-electron chi connectivity index (χ1n) is 6.49. The summed E-state index contributed by atoms with van der Waals surface area (Å²) in [6.07, 6.45) is 2.26. The molecule has 104 valence electrons. The monoisotopic (exact) mass is 285 g/mol. The average molecular weight is 286 g/mol. The number of H-pyrrole nitrogens is 1. The maximum Gasteiger partial charge on any atom is 0.329 e. The van der Waals surface area contributed by atoms with Crippen molar-refractivity contribution in [3.63, 3.8) is 0 Å². The Labute approximate surface area is 114 Å². The van der Waals surface area contributed by atoms with E-state index in [9.17, 15) is 9.59 Å². The molecule has 19 heavy (non-hydrogen) atoms. The van der Waals surface area contributed by atoms with E-state index in [0.717, 1.165) is 17.7 Å². The number of rotatable bonds is 2. The van der Waals surface area contributed by atoms with Crippen LogP contribution in [0, 0.1) is 0 Å². The van der Waals surface area contributed by atoms with Crippen molar-refractivity contribution < 1.29 is 4.74 Å². The Morgan fingerprint density at radius 1 is 1.47 bits per heavy atom. The second-order valence-corrected chi connectivity index (χ2v) is 5.52. The lowest BCUT2D eigenvalue weighted by atomic mass is 10.2. The zero-order chi connectivity index (χ0) is 13.4. The first kappa shape index (κ1) is 12.9. The first-order valence-corrected chi connectivity index (χ1v) is 6.86. The molecular formula is C12H16ClN3O3. The molecule has 6 nitrogen and oxygen atoms in total. The molecule has 0 saturated carbocycles. The van der Waals surface area contributed by atoms with Crippen molar-refractivity contribution >= 4 is 11.6 Å². The molecule has 0 amide bonds. The lowest BCUT2D eigenvalue weighted by Crippen LogP contribution is -2.49. The van der Waals surface area contributed by atoms with Gasteiger partial charge in [0.15, 0.2) is 0 Å². The summed E-state index contributed by atoms with van der Waals surface area (Å²) in [4.78, 5) is 28.3. The van der Waals surface area contributed by atoms with E-state index in [1.54, 1.807) is 0 Å². The van der Waals surface area contributed by atoms with E-state index in [2.05, 4.69) is 9.88 Å². The van der Waals surface area contributed by atoms with Gasteiger partial charge in [0.2, 0.25) is 0 Å². The highest BCUT2D eigenvalue weighted by molar-refractivity contribution is 6.29. The molecule has 3 rings (SSSR count). The molecule has 0 spiro atoms. The van der Waals surface area contributed by atoms with E-state index in [4.69, 9.17) is 16.3 Å². The second kappa shape index (κ2) is 5.11. The smallest absolute Gasteiger partial charge is 0.329 e. The Kier molecular flexibility index (Phi) is 3.47. The molecule has 0 bridgehead atoms. The summed E-state index contributed by atoms with van der Waals surface area (Å²) in [5, 5.41) is 0.0652. The van der Waals surface area contributed by atoms with E-state index >= 15 is 0 Å². The molecule has 2 fully saturated rings. The van der Waals surface area contributed by atoms with Crippen LogP contribution in [0.3, 0.4) is 0 Å². The van der Waals surface area contributed by atoms with Crippen LogP contribution in [0.4, 0.5) is 0 Å². The average Bonchev–Trinajstić information content (AvgIpc) is 2.81. The van der Waals surface area contributed by atoms with E-state index in [0.29, 0.717) is 12.6 Å². The van der Waals surface area contributed by atoms with E-state index in [1.165, 1.54) is 18.9 Å². The molecule has 2 aliphatic rings. The van der Waals surface area contributed by atoms with Crippen molar-refractivity contribution in [1.82, 2.24) is 14.5 Å². The summed E-state index contributed by atoms with van der Waals surface area (Å²) in [7, 11) is 0. The van der Waals surface area contributed by atoms with Crippen molar-refractivity contribution in [2.45, 2.75) is 31.5 Å². The number of aromatic nitrogens is 2. The Bertz CT molecular complexity index is 551. The topological polar surface area (TPSA) is 67.3 Å². The fourth-order valence-corrected chi connectivity index (χ4v) is 3.04. The van der Waals surface area contributed by atoms with Gasteiger partial charge in [-0.3, -0.25) is 19.2 Å². The largest absolute Gasteiger partial charge is 0.373 e. The number of halogens is 1. The predicted molar refractivity (Wildman–Crippen MR) is 70.7 cm³/mol. The molecule has 2 unspecified atom stereocenters. The molecule has 0 aromatic carbocycles. The zero-order valence-electron chi connectivity index (χ0n) is 10.5. The summed E-state index contributed by atoms with van der Waals surface area (Å²) >= 11 is 5.63. The SMILES string of the molecule is O=c1cc(Cl)[nH]c(=O)n1CC1CN2CCCC2CO1. The van der Waals surface area contributed by atoms with Gasteiger partial charge < -0.3 is 4.74 Å². The van der Waals surface area contributed by atoms with Gasteiger partial charge in [-0.2, -0.15) is 0 Å². The van der Waals surface area contributed by atoms with Gasteiger partial charge in [0.25, 0.3) is 5.56 Å². The summed E-state index contributed by atoms with van der Waals surface area (Å²) in [5.41, 5.74) is -0.870. The molecule has 3 heterocycles. The van der Waals surface area contributed by atoms with Gasteiger partial charge in [-0.1, -0.05) is 11.6 Å².